The number of hydrogen-bond donors (Lipinski definition) is 1. The van der Waals surface area contributed by atoms with Gasteiger partial charge in [0.25, 0.3) is 0 Å². The zero-order chi connectivity index (χ0) is 13.8. The van der Waals surface area contributed by atoms with Gasteiger partial charge in [-0.3, -0.25) is 4.79 Å². The van der Waals surface area contributed by atoms with Gasteiger partial charge in [0.05, 0.1) is 18.1 Å². The van der Waals surface area contributed by atoms with Crippen molar-refractivity contribution >= 4 is 18.2 Å². The summed E-state index contributed by atoms with van der Waals surface area (Å²) in [5, 5.41) is 3.35. The van der Waals surface area contributed by atoms with Gasteiger partial charge in [-0.2, -0.15) is 0 Å². The Morgan fingerprint density at radius 3 is 2.80 bits per heavy atom. The molecule has 0 bridgehead atoms. The number of Topliss-reactive ketones (excluding diaryl/α,β-unsaturated/α-hetero) is 1. The second kappa shape index (κ2) is 7.65. The summed E-state index contributed by atoms with van der Waals surface area (Å²) in [5.74, 6) is 0.947. The molecule has 112 valence electrons. The molecular weight excluding hydrogens is 274 g/mol. The average Bonchev–Trinajstić information content (AvgIpc) is 2.37. The Hall–Kier alpha value is -1.06. The number of carbonyl (C=O) groups is 1. The first kappa shape index (κ1) is 17.0. The van der Waals surface area contributed by atoms with Gasteiger partial charge in [0.1, 0.15) is 5.75 Å². The van der Waals surface area contributed by atoms with E-state index in [1.165, 1.54) is 6.42 Å². The number of ketones is 1. The second-order valence-corrected chi connectivity index (χ2v) is 5.39. The van der Waals surface area contributed by atoms with Gasteiger partial charge >= 0.3 is 0 Å². The van der Waals surface area contributed by atoms with E-state index in [9.17, 15) is 4.79 Å². The molecule has 3 nitrogen and oxygen atoms in total. The van der Waals surface area contributed by atoms with Gasteiger partial charge in [-0.05, 0) is 44.0 Å². The first-order chi connectivity index (χ1) is 9.13. The van der Waals surface area contributed by atoms with Gasteiger partial charge in [0.15, 0.2) is 5.78 Å². The lowest BCUT2D eigenvalue weighted by Gasteiger charge is -2.26. The van der Waals surface area contributed by atoms with Crippen molar-refractivity contribution in [1.29, 1.82) is 0 Å². The summed E-state index contributed by atoms with van der Waals surface area (Å²) in [7, 11) is 0. The molecule has 0 aromatic heterocycles. The van der Waals surface area contributed by atoms with Gasteiger partial charge < -0.3 is 10.1 Å². The molecule has 0 saturated heterocycles. The van der Waals surface area contributed by atoms with Crippen LogP contribution >= 0.6 is 12.4 Å². The lowest BCUT2D eigenvalue weighted by molar-refractivity contribution is 0.0828. The standard InChI is InChI=1S/C16H23NO2.ClH/c1-4-5-6-17-9-13-10-19-16-12(3)7-11(2)8-14(16)15(13)18;/h7-8,13,17H,4-6,9-10H2,1-3H3;1H. The van der Waals surface area contributed by atoms with E-state index in [-0.39, 0.29) is 24.1 Å². The number of unbranched alkanes of at least 4 members (excludes halogenated alkanes) is 1. The Morgan fingerprint density at radius 1 is 1.35 bits per heavy atom. The van der Waals surface area contributed by atoms with Crippen molar-refractivity contribution in [3.05, 3.63) is 28.8 Å². The van der Waals surface area contributed by atoms with Crippen LogP contribution in [-0.2, 0) is 0 Å². The fraction of sp³-hybridized carbons (Fsp3) is 0.562. The van der Waals surface area contributed by atoms with Crippen molar-refractivity contribution in [1.82, 2.24) is 5.32 Å². The smallest absolute Gasteiger partial charge is 0.174 e. The number of hydrogen-bond acceptors (Lipinski definition) is 3. The summed E-state index contributed by atoms with van der Waals surface area (Å²) in [6.07, 6.45) is 2.32. The molecule has 0 fully saturated rings. The first-order valence-corrected chi connectivity index (χ1v) is 7.12. The lowest BCUT2D eigenvalue weighted by atomic mass is 9.92. The summed E-state index contributed by atoms with van der Waals surface area (Å²) >= 11 is 0. The Morgan fingerprint density at radius 2 is 2.10 bits per heavy atom. The van der Waals surface area contributed by atoms with Crippen LogP contribution in [-0.4, -0.2) is 25.5 Å². The normalized spacial score (nSPS) is 17.1. The highest BCUT2D eigenvalue weighted by Gasteiger charge is 2.29. The highest BCUT2D eigenvalue weighted by atomic mass is 35.5. The highest BCUT2D eigenvalue weighted by molar-refractivity contribution is 6.02. The SMILES string of the molecule is CCCCNCC1COc2c(C)cc(C)cc2C1=O.Cl. The summed E-state index contributed by atoms with van der Waals surface area (Å²) in [6, 6.07) is 4.01. The van der Waals surface area contributed by atoms with Crippen molar-refractivity contribution in [3.8, 4) is 5.75 Å². The van der Waals surface area contributed by atoms with E-state index in [0.29, 0.717) is 13.2 Å². The number of fused-ring (bicyclic) bond motifs is 1. The van der Waals surface area contributed by atoms with Crippen LogP contribution in [0.15, 0.2) is 12.1 Å². The molecule has 1 heterocycles. The second-order valence-electron chi connectivity index (χ2n) is 5.39. The number of nitrogens with one attached hydrogen (secondary N) is 1. The minimum Gasteiger partial charge on any atom is -0.492 e. The molecule has 0 spiro atoms. The van der Waals surface area contributed by atoms with E-state index >= 15 is 0 Å². The zero-order valence-corrected chi connectivity index (χ0v) is 13.3. The minimum absolute atomic E-state index is 0. The first-order valence-electron chi connectivity index (χ1n) is 7.12. The Balaban J connectivity index is 0.00000200. The van der Waals surface area contributed by atoms with E-state index in [1.807, 2.05) is 19.9 Å². The van der Waals surface area contributed by atoms with E-state index in [4.69, 9.17) is 4.74 Å². The van der Waals surface area contributed by atoms with Gasteiger partial charge in [0, 0.05) is 6.54 Å². The Bertz CT molecular complexity index is 474. The molecule has 1 aliphatic rings. The van der Waals surface area contributed by atoms with Crippen LogP contribution in [0.4, 0.5) is 0 Å². The molecule has 2 rings (SSSR count). The van der Waals surface area contributed by atoms with Crippen LogP contribution in [0.25, 0.3) is 0 Å². The van der Waals surface area contributed by atoms with Crippen LogP contribution in [0.1, 0.15) is 41.3 Å². The van der Waals surface area contributed by atoms with Gasteiger partial charge in [-0.25, -0.2) is 0 Å². The predicted molar refractivity (Wildman–Crippen MR) is 84.3 cm³/mol. The van der Waals surface area contributed by atoms with Crippen molar-refractivity contribution < 1.29 is 9.53 Å². The molecule has 1 aromatic carbocycles. The van der Waals surface area contributed by atoms with Crippen LogP contribution in [0.5, 0.6) is 5.75 Å². The number of ether oxygens (including phenoxy) is 1. The molecule has 1 unspecified atom stereocenters. The third-order valence-corrected chi connectivity index (χ3v) is 3.58. The number of benzene rings is 1. The van der Waals surface area contributed by atoms with Gasteiger partial charge in [-0.15, -0.1) is 12.4 Å². The van der Waals surface area contributed by atoms with E-state index in [2.05, 4.69) is 18.3 Å². The third-order valence-electron chi connectivity index (χ3n) is 3.58. The fourth-order valence-electron chi connectivity index (χ4n) is 2.54. The Kier molecular flexibility index (Phi) is 6.50. The van der Waals surface area contributed by atoms with Crippen LogP contribution in [0.2, 0.25) is 0 Å². The summed E-state index contributed by atoms with van der Waals surface area (Å²) in [5.41, 5.74) is 2.93. The molecule has 0 radical (unpaired) electrons. The van der Waals surface area contributed by atoms with Crippen molar-refractivity contribution in [3.63, 3.8) is 0 Å². The van der Waals surface area contributed by atoms with Crippen LogP contribution < -0.4 is 10.1 Å². The van der Waals surface area contributed by atoms with Crippen LogP contribution in [0.3, 0.4) is 0 Å². The predicted octanol–water partition coefficient (Wildman–Crippen LogP) is 3.31. The van der Waals surface area contributed by atoms with Gasteiger partial charge in [0.2, 0.25) is 0 Å². The van der Waals surface area contributed by atoms with Crippen molar-refractivity contribution in [2.45, 2.75) is 33.6 Å². The molecule has 1 aliphatic heterocycles. The molecule has 1 N–H and O–H groups in total. The van der Waals surface area contributed by atoms with Crippen molar-refractivity contribution in [2.24, 2.45) is 5.92 Å². The molecule has 4 heteroatoms. The van der Waals surface area contributed by atoms with E-state index in [1.54, 1.807) is 0 Å². The maximum Gasteiger partial charge on any atom is 0.174 e. The lowest BCUT2D eigenvalue weighted by Crippen LogP contribution is -2.36. The molecule has 0 amide bonds. The summed E-state index contributed by atoms with van der Waals surface area (Å²) in [6.45, 7) is 8.36. The molecular formula is C16H24ClNO2. The van der Waals surface area contributed by atoms with Gasteiger partial charge in [-0.1, -0.05) is 19.4 Å². The quantitative estimate of drug-likeness (QED) is 0.848. The van der Waals surface area contributed by atoms with Crippen LogP contribution in [0, 0.1) is 19.8 Å². The molecule has 1 atom stereocenters. The zero-order valence-electron chi connectivity index (χ0n) is 12.5. The minimum atomic E-state index is -0.0504. The Labute approximate surface area is 127 Å². The molecule has 0 aliphatic carbocycles. The fourth-order valence-corrected chi connectivity index (χ4v) is 2.54. The molecule has 0 saturated carbocycles. The number of halogens is 1. The highest BCUT2D eigenvalue weighted by Crippen LogP contribution is 2.31. The molecule has 20 heavy (non-hydrogen) atoms. The molecule has 1 aromatic rings. The number of rotatable bonds is 5. The third kappa shape index (κ3) is 3.74. The topological polar surface area (TPSA) is 38.3 Å². The number of carbonyl (C=O) groups excluding carboxylic acids is 1. The largest absolute Gasteiger partial charge is 0.492 e. The monoisotopic (exact) mass is 297 g/mol. The maximum atomic E-state index is 12.5. The van der Waals surface area contributed by atoms with E-state index in [0.717, 1.165) is 35.4 Å². The van der Waals surface area contributed by atoms with Crippen molar-refractivity contribution in [2.75, 3.05) is 19.7 Å². The average molecular weight is 298 g/mol. The summed E-state index contributed by atoms with van der Waals surface area (Å²) < 4.78 is 5.79. The summed E-state index contributed by atoms with van der Waals surface area (Å²) in [4.78, 5) is 12.5. The van der Waals surface area contributed by atoms with E-state index < -0.39 is 0 Å². The number of aryl methyl sites for hydroxylation is 2. The maximum absolute atomic E-state index is 12.5.